The summed E-state index contributed by atoms with van der Waals surface area (Å²) in [5.74, 6) is -0.373. The molecular weight excluding hydrogens is 486 g/mol. The van der Waals surface area contributed by atoms with E-state index in [2.05, 4.69) is 10.6 Å². The number of nitrogens with one attached hydrogen (secondary N) is 2. The molecule has 0 aliphatic carbocycles. The summed E-state index contributed by atoms with van der Waals surface area (Å²) in [6.45, 7) is 2.75. The number of para-hydroxylation sites is 2. The van der Waals surface area contributed by atoms with E-state index in [1.165, 1.54) is 13.2 Å². The quantitative estimate of drug-likeness (QED) is 0.369. The maximum Gasteiger partial charge on any atom is 0.339 e. The number of anilines is 2. The van der Waals surface area contributed by atoms with Crippen molar-refractivity contribution in [2.24, 2.45) is 0 Å². The molecule has 9 heteroatoms. The van der Waals surface area contributed by atoms with Crippen LogP contribution in [0.2, 0.25) is 0 Å². The van der Waals surface area contributed by atoms with E-state index in [9.17, 15) is 19.5 Å². The minimum atomic E-state index is -1.06. The van der Waals surface area contributed by atoms with Crippen molar-refractivity contribution in [1.29, 1.82) is 0 Å². The summed E-state index contributed by atoms with van der Waals surface area (Å²) in [4.78, 5) is 38.9. The van der Waals surface area contributed by atoms with Gasteiger partial charge in [0.2, 0.25) is 5.91 Å². The second-order valence-corrected chi connectivity index (χ2v) is 9.10. The highest BCUT2D eigenvalue weighted by atomic mass is 16.5. The second kappa shape index (κ2) is 12.1. The summed E-state index contributed by atoms with van der Waals surface area (Å²) < 4.78 is 11.3. The van der Waals surface area contributed by atoms with Crippen molar-refractivity contribution < 1.29 is 29.0 Å². The van der Waals surface area contributed by atoms with Gasteiger partial charge in [0.05, 0.1) is 25.3 Å². The molecular formula is C29H31N3O6. The third-order valence-electron chi connectivity index (χ3n) is 6.51. The van der Waals surface area contributed by atoms with Gasteiger partial charge < -0.3 is 30.1 Å². The van der Waals surface area contributed by atoms with Crippen LogP contribution in [0.5, 0.6) is 11.5 Å². The van der Waals surface area contributed by atoms with Crippen LogP contribution in [0.3, 0.4) is 0 Å². The normalized spacial score (nSPS) is 14.6. The lowest BCUT2D eigenvalue weighted by molar-refractivity contribution is -0.131. The SMILES string of the molecule is COc1cc(CC(=O)N2CCCC2COc2ccccc2C(=O)O)ccc1NC(=O)Nc1ccccc1C. The molecule has 3 aromatic carbocycles. The van der Waals surface area contributed by atoms with Crippen molar-refractivity contribution in [2.45, 2.75) is 32.2 Å². The van der Waals surface area contributed by atoms with E-state index in [-0.39, 0.29) is 30.5 Å². The molecule has 3 aromatic rings. The minimum absolute atomic E-state index is 0.0531. The van der Waals surface area contributed by atoms with E-state index in [1.54, 1.807) is 41.3 Å². The number of hydrogen-bond acceptors (Lipinski definition) is 5. The first-order chi connectivity index (χ1) is 18.4. The molecule has 1 aliphatic heterocycles. The summed E-state index contributed by atoms with van der Waals surface area (Å²) >= 11 is 0. The predicted molar refractivity (Wildman–Crippen MR) is 144 cm³/mol. The highest BCUT2D eigenvalue weighted by Gasteiger charge is 2.29. The summed E-state index contributed by atoms with van der Waals surface area (Å²) in [6, 6.07) is 18.7. The van der Waals surface area contributed by atoms with Crippen LogP contribution in [-0.2, 0) is 11.2 Å². The number of amides is 3. The molecule has 1 saturated heterocycles. The van der Waals surface area contributed by atoms with Crippen LogP contribution < -0.4 is 20.1 Å². The van der Waals surface area contributed by atoms with E-state index in [0.29, 0.717) is 29.4 Å². The largest absolute Gasteiger partial charge is 0.495 e. The lowest BCUT2D eigenvalue weighted by Crippen LogP contribution is -2.40. The fraction of sp³-hybridized carbons (Fsp3) is 0.276. The van der Waals surface area contributed by atoms with Gasteiger partial charge in [-0.15, -0.1) is 0 Å². The van der Waals surface area contributed by atoms with Crippen LogP contribution in [0.1, 0.15) is 34.3 Å². The standard InChI is InChI=1S/C29H31N3O6/c1-19-8-3-5-11-23(19)30-29(36)31-24-14-13-20(16-26(24)37-2)17-27(33)32-15-7-9-21(32)18-38-25-12-6-4-10-22(25)28(34)35/h3-6,8,10-14,16,21H,7,9,15,17-18H2,1-2H3,(H,34,35)(H2,30,31,36). The van der Waals surface area contributed by atoms with Gasteiger partial charge in [0.1, 0.15) is 23.7 Å². The molecule has 1 heterocycles. The first-order valence-electron chi connectivity index (χ1n) is 12.4. The van der Waals surface area contributed by atoms with Gasteiger partial charge in [-0.1, -0.05) is 36.4 Å². The average Bonchev–Trinajstić information content (AvgIpc) is 3.38. The summed E-state index contributed by atoms with van der Waals surface area (Å²) in [5.41, 5.74) is 2.98. The van der Waals surface area contributed by atoms with E-state index in [1.807, 2.05) is 31.2 Å². The number of ether oxygens (including phenoxy) is 2. The Morgan fingerprint density at radius 1 is 0.974 bits per heavy atom. The zero-order chi connectivity index (χ0) is 27.1. The molecule has 38 heavy (non-hydrogen) atoms. The Morgan fingerprint density at radius 3 is 2.47 bits per heavy atom. The zero-order valence-electron chi connectivity index (χ0n) is 21.4. The van der Waals surface area contributed by atoms with Gasteiger partial charge in [0, 0.05) is 12.2 Å². The third kappa shape index (κ3) is 6.42. The van der Waals surface area contributed by atoms with Gasteiger partial charge in [-0.05, 0) is 61.2 Å². The maximum absolute atomic E-state index is 13.2. The number of carboxylic acids is 1. The molecule has 0 aromatic heterocycles. The second-order valence-electron chi connectivity index (χ2n) is 9.10. The van der Waals surface area contributed by atoms with Crippen LogP contribution in [-0.4, -0.2) is 54.2 Å². The molecule has 0 bridgehead atoms. The number of benzene rings is 3. The van der Waals surface area contributed by atoms with Crippen molar-refractivity contribution in [1.82, 2.24) is 4.90 Å². The maximum atomic E-state index is 13.2. The number of rotatable bonds is 9. The lowest BCUT2D eigenvalue weighted by Gasteiger charge is -2.25. The van der Waals surface area contributed by atoms with E-state index in [0.717, 1.165) is 24.0 Å². The van der Waals surface area contributed by atoms with E-state index >= 15 is 0 Å². The smallest absolute Gasteiger partial charge is 0.339 e. The summed E-state index contributed by atoms with van der Waals surface area (Å²) in [6.07, 6.45) is 1.79. The van der Waals surface area contributed by atoms with Gasteiger partial charge in [-0.2, -0.15) is 0 Å². The van der Waals surface area contributed by atoms with Crippen LogP contribution in [0.25, 0.3) is 0 Å². The summed E-state index contributed by atoms with van der Waals surface area (Å²) in [7, 11) is 1.51. The van der Waals surface area contributed by atoms with Crippen molar-refractivity contribution in [3.8, 4) is 11.5 Å². The first kappa shape index (κ1) is 26.5. The molecule has 1 unspecified atom stereocenters. The minimum Gasteiger partial charge on any atom is -0.495 e. The lowest BCUT2D eigenvalue weighted by atomic mass is 10.1. The molecule has 1 atom stereocenters. The monoisotopic (exact) mass is 517 g/mol. The van der Waals surface area contributed by atoms with Crippen LogP contribution in [0.4, 0.5) is 16.2 Å². The molecule has 198 valence electrons. The molecule has 1 fully saturated rings. The number of hydrogen-bond donors (Lipinski definition) is 3. The number of aryl methyl sites for hydroxylation is 1. The van der Waals surface area contributed by atoms with Crippen molar-refractivity contribution >= 4 is 29.3 Å². The van der Waals surface area contributed by atoms with Crippen molar-refractivity contribution in [3.05, 3.63) is 83.4 Å². The average molecular weight is 518 g/mol. The Balaban J connectivity index is 1.37. The molecule has 3 amide bonds. The number of carboxylic acid groups (broad SMARTS) is 1. The van der Waals surface area contributed by atoms with Crippen LogP contribution in [0.15, 0.2) is 66.7 Å². The molecule has 1 aliphatic rings. The molecule has 0 spiro atoms. The Bertz CT molecular complexity index is 1330. The Kier molecular flexibility index (Phi) is 8.47. The molecule has 3 N–H and O–H groups in total. The fourth-order valence-corrected chi connectivity index (χ4v) is 4.51. The van der Waals surface area contributed by atoms with Gasteiger partial charge in [0.15, 0.2) is 0 Å². The van der Waals surface area contributed by atoms with Gasteiger partial charge in [0.25, 0.3) is 0 Å². The van der Waals surface area contributed by atoms with Gasteiger partial charge >= 0.3 is 12.0 Å². The highest BCUT2D eigenvalue weighted by molar-refractivity contribution is 6.01. The fourth-order valence-electron chi connectivity index (χ4n) is 4.51. The van der Waals surface area contributed by atoms with Crippen LogP contribution in [0, 0.1) is 6.92 Å². The molecule has 0 radical (unpaired) electrons. The third-order valence-corrected chi connectivity index (χ3v) is 6.51. The molecule has 9 nitrogen and oxygen atoms in total. The number of likely N-dealkylation sites (tertiary alicyclic amines) is 1. The first-order valence-corrected chi connectivity index (χ1v) is 12.4. The van der Waals surface area contributed by atoms with Gasteiger partial charge in [-0.25, -0.2) is 9.59 Å². The highest BCUT2D eigenvalue weighted by Crippen LogP contribution is 2.28. The predicted octanol–water partition coefficient (Wildman–Crippen LogP) is 4.96. The number of nitrogens with zero attached hydrogens (tertiary/aromatic N) is 1. The number of carbonyl (C=O) groups is 3. The van der Waals surface area contributed by atoms with E-state index in [4.69, 9.17) is 9.47 Å². The Morgan fingerprint density at radius 2 is 1.71 bits per heavy atom. The van der Waals surface area contributed by atoms with Crippen molar-refractivity contribution in [3.63, 3.8) is 0 Å². The number of aromatic carboxylic acids is 1. The van der Waals surface area contributed by atoms with E-state index < -0.39 is 12.0 Å². The molecule has 4 rings (SSSR count). The Hall–Kier alpha value is -4.53. The molecule has 0 saturated carbocycles. The number of urea groups is 1. The topological polar surface area (TPSA) is 117 Å². The zero-order valence-corrected chi connectivity index (χ0v) is 21.4. The summed E-state index contributed by atoms with van der Waals surface area (Å²) in [5, 5.41) is 15.0. The van der Waals surface area contributed by atoms with Crippen molar-refractivity contribution in [2.75, 3.05) is 30.9 Å². The Labute approximate surface area is 221 Å². The van der Waals surface area contributed by atoms with Crippen LogP contribution >= 0.6 is 0 Å². The number of methoxy groups -OCH3 is 1. The number of carbonyl (C=O) groups excluding carboxylic acids is 2. The van der Waals surface area contributed by atoms with Gasteiger partial charge in [-0.3, -0.25) is 4.79 Å².